The van der Waals surface area contributed by atoms with Crippen molar-refractivity contribution in [1.29, 1.82) is 0 Å². The second-order valence-electron chi connectivity index (χ2n) is 6.30. The number of amides is 1. The molecule has 0 radical (unpaired) electrons. The van der Waals surface area contributed by atoms with Crippen LogP contribution in [0.5, 0.6) is 0 Å². The summed E-state index contributed by atoms with van der Waals surface area (Å²) in [7, 11) is -1.23. The van der Waals surface area contributed by atoms with Gasteiger partial charge in [0.15, 0.2) is 0 Å². The number of nitrogens with one attached hydrogen (secondary N) is 1. The zero-order valence-electron chi connectivity index (χ0n) is 15.8. The molecule has 148 valence electrons. The lowest BCUT2D eigenvalue weighted by Crippen LogP contribution is -2.27. The van der Waals surface area contributed by atoms with Gasteiger partial charge in [0.25, 0.3) is 15.9 Å². The Bertz CT molecular complexity index is 1080. The Morgan fingerprint density at radius 1 is 1.14 bits per heavy atom. The average molecular weight is 401 g/mol. The van der Waals surface area contributed by atoms with Crippen LogP contribution in [0.4, 0.5) is 0 Å². The molecule has 3 rings (SSSR count). The number of para-hydroxylation sites is 1. The van der Waals surface area contributed by atoms with Gasteiger partial charge in [0.2, 0.25) is 0 Å². The topological polar surface area (TPSA) is 80.6 Å². The van der Waals surface area contributed by atoms with Crippen molar-refractivity contribution in [3.8, 4) is 0 Å². The molecule has 0 saturated carbocycles. The molecule has 1 aromatic heterocycles. The maximum Gasteiger partial charge on any atom is 0.264 e. The molecule has 0 aliphatic rings. The first-order valence-corrected chi connectivity index (χ1v) is 10.3. The number of carbonyl (C=O) groups is 1. The number of aryl methyl sites for hydroxylation is 1. The lowest BCUT2D eigenvalue weighted by atomic mass is 10.2. The Morgan fingerprint density at radius 2 is 1.93 bits per heavy atom. The predicted octanol–water partition coefficient (Wildman–Crippen LogP) is 2.64. The van der Waals surface area contributed by atoms with Gasteiger partial charge < -0.3 is 9.88 Å². The van der Waals surface area contributed by atoms with Crippen molar-refractivity contribution in [3.63, 3.8) is 0 Å². The largest absolute Gasteiger partial charge is 0.352 e. The fourth-order valence-electron chi connectivity index (χ4n) is 2.93. The average Bonchev–Trinajstić information content (AvgIpc) is 3.13. The Labute approximate surface area is 164 Å². The molecule has 0 atom stereocenters. The standard InChI is InChI=1S/C20H23N3O4S/c1-22(27-2)28(25,26)18-9-5-8-17(15-18)20(24)21-12-6-13-23-14-11-16-7-3-4-10-19(16)23/h3-5,7-11,14-15H,6,12-13H2,1-2H3,(H,21,24). The number of carbonyl (C=O) groups excluding carboxylic acids is 1. The van der Waals surface area contributed by atoms with Gasteiger partial charge in [-0.2, -0.15) is 0 Å². The van der Waals surface area contributed by atoms with E-state index < -0.39 is 10.0 Å². The van der Waals surface area contributed by atoms with E-state index in [-0.39, 0.29) is 16.4 Å². The molecule has 0 bridgehead atoms. The van der Waals surface area contributed by atoms with Gasteiger partial charge in [-0.25, -0.2) is 8.42 Å². The Kier molecular flexibility index (Phi) is 6.13. The van der Waals surface area contributed by atoms with Gasteiger partial charge in [-0.3, -0.25) is 9.63 Å². The van der Waals surface area contributed by atoms with E-state index in [9.17, 15) is 13.2 Å². The third-order valence-electron chi connectivity index (χ3n) is 4.53. The van der Waals surface area contributed by atoms with Crippen molar-refractivity contribution >= 4 is 26.8 Å². The highest BCUT2D eigenvalue weighted by Gasteiger charge is 2.21. The molecule has 0 spiro atoms. The van der Waals surface area contributed by atoms with Gasteiger partial charge in [0, 0.05) is 37.4 Å². The molecule has 0 fully saturated rings. The molecular formula is C20H23N3O4S. The molecular weight excluding hydrogens is 378 g/mol. The van der Waals surface area contributed by atoms with Crippen molar-refractivity contribution in [2.45, 2.75) is 17.9 Å². The summed E-state index contributed by atoms with van der Waals surface area (Å²) in [6.07, 6.45) is 2.79. The second kappa shape index (κ2) is 8.55. The van der Waals surface area contributed by atoms with Gasteiger partial charge in [0.05, 0.1) is 12.0 Å². The maximum absolute atomic E-state index is 12.4. The van der Waals surface area contributed by atoms with Crippen molar-refractivity contribution in [3.05, 3.63) is 66.4 Å². The summed E-state index contributed by atoms with van der Waals surface area (Å²) < 4.78 is 27.5. The molecule has 8 heteroatoms. The Hall–Kier alpha value is -2.68. The van der Waals surface area contributed by atoms with Gasteiger partial charge in [-0.05, 0) is 42.1 Å². The fraction of sp³-hybridized carbons (Fsp3) is 0.250. The summed E-state index contributed by atoms with van der Waals surface area (Å²) in [5, 5.41) is 4.03. The van der Waals surface area contributed by atoms with E-state index in [2.05, 4.69) is 28.1 Å². The molecule has 28 heavy (non-hydrogen) atoms. The summed E-state index contributed by atoms with van der Waals surface area (Å²) in [6, 6.07) is 16.1. The smallest absolute Gasteiger partial charge is 0.264 e. The minimum absolute atomic E-state index is 0.00307. The Morgan fingerprint density at radius 3 is 2.71 bits per heavy atom. The lowest BCUT2D eigenvalue weighted by Gasteiger charge is -2.14. The highest BCUT2D eigenvalue weighted by atomic mass is 32.2. The first kappa shape index (κ1) is 20.1. The van der Waals surface area contributed by atoms with Crippen LogP contribution in [-0.2, 0) is 21.4 Å². The highest BCUT2D eigenvalue weighted by molar-refractivity contribution is 7.89. The highest BCUT2D eigenvalue weighted by Crippen LogP contribution is 2.17. The number of hydroxylamine groups is 1. The predicted molar refractivity (Wildman–Crippen MR) is 107 cm³/mol. The summed E-state index contributed by atoms with van der Waals surface area (Å²) in [5.41, 5.74) is 1.45. The van der Waals surface area contributed by atoms with E-state index in [1.54, 1.807) is 6.07 Å². The van der Waals surface area contributed by atoms with Crippen LogP contribution >= 0.6 is 0 Å². The number of benzene rings is 2. The van der Waals surface area contributed by atoms with Gasteiger partial charge in [-0.15, -0.1) is 0 Å². The molecule has 1 amide bonds. The molecule has 0 aliphatic carbocycles. The SMILES string of the molecule is CON(C)S(=O)(=O)c1cccc(C(=O)NCCCn2ccc3ccccc32)c1. The van der Waals surface area contributed by atoms with E-state index in [1.165, 1.54) is 37.7 Å². The second-order valence-corrected chi connectivity index (χ2v) is 8.24. The third-order valence-corrected chi connectivity index (χ3v) is 6.21. The van der Waals surface area contributed by atoms with Crippen LogP contribution in [0.3, 0.4) is 0 Å². The first-order chi connectivity index (χ1) is 13.4. The first-order valence-electron chi connectivity index (χ1n) is 8.88. The lowest BCUT2D eigenvalue weighted by molar-refractivity contribution is -0.0258. The van der Waals surface area contributed by atoms with Crippen LogP contribution in [0.25, 0.3) is 10.9 Å². The molecule has 3 aromatic rings. The molecule has 2 aromatic carbocycles. The van der Waals surface area contributed by atoms with Gasteiger partial charge >= 0.3 is 0 Å². The van der Waals surface area contributed by atoms with Crippen LogP contribution < -0.4 is 5.32 Å². The van der Waals surface area contributed by atoms with Crippen LogP contribution in [0.1, 0.15) is 16.8 Å². The number of aromatic nitrogens is 1. The quantitative estimate of drug-likeness (QED) is 0.465. The number of fused-ring (bicyclic) bond motifs is 1. The number of nitrogens with zero attached hydrogens (tertiary/aromatic N) is 2. The van der Waals surface area contributed by atoms with Gasteiger partial charge in [0.1, 0.15) is 0 Å². The third kappa shape index (κ3) is 4.24. The van der Waals surface area contributed by atoms with E-state index in [1.807, 2.05) is 18.3 Å². The summed E-state index contributed by atoms with van der Waals surface area (Å²) in [6.45, 7) is 1.27. The molecule has 0 aliphatic heterocycles. The molecule has 7 nitrogen and oxygen atoms in total. The van der Waals surface area contributed by atoms with Crippen molar-refractivity contribution < 1.29 is 18.0 Å². The molecule has 1 heterocycles. The maximum atomic E-state index is 12.4. The zero-order valence-corrected chi connectivity index (χ0v) is 16.6. The van der Waals surface area contributed by atoms with Crippen LogP contribution in [0.15, 0.2) is 65.7 Å². The Balaban J connectivity index is 1.59. The minimum atomic E-state index is -3.79. The van der Waals surface area contributed by atoms with Crippen molar-refractivity contribution in [2.75, 3.05) is 20.7 Å². The number of sulfonamides is 1. The van der Waals surface area contributed by atoms with Crippen LogP contribution in [-0.4, -0.2) is 44.1 Å². The monoisotopic (exact) mass is 401 g/mol. The number of hydrogen-bond donors (Lipinski definition) is 1. The summed E-state index contributed by atoms with van der Waals surface area (Å²) in [4.78, 5) is 17.1. The van der Waals surface area contributed by atoms with Crippen molar-refractivity contribution in [2.24, 2.45) is 0 Å². The number of hydrogen-bond acceptors (Lipinski definition) is 4. The van der Waals surface area contributed by atoms with Crippen LogP contribution in [0, 0.1) is 0 Å². The number of rotatable bonds is 8. The molecule has 0 saturated heterocycles. The van der Waals surface area contributed by atoms with Gasteiger partial charge in [-0.1, -0.05) is 28.7 Å². The van der Waals surface area contributed by atoms with Crippen LogP contribution in [0.2, 0.25) is 0 Å². The van der Waals surface area contributed by atoms with E-state index >= 15 is 0 Å². The zero-order chi connectivity index (χ0) is 20.1. The summed E-state index contributed by atoms with van der Waals surface area (Å²) in [5.74, 6) is -0.311. The van der Waals surface area contributed by atoms with E-state index in [0.29, 0.717) is 6.54 Å². The van der Waals surface area contributed by atoms with Crippen molar-refractivity contribution in [1.82, 2.24) is 14.4 Å². The fourth-order valence-corrected chi connectivity index (χ4v) is 3.95. The van der Waals surface area contributed by atoms with E-state index in [4.69, 9.17) is 4.84 Å². The molecule has 1 N–H and O–H groups in total. The molecule has 0 unspecified atom stereocenters. The normalized spacial score (nSPS) is 11.8. The van der Waals surface area contributed by atoms with E-state index in [0.717, 1.165) is 23.0 Å². The summed E-state index contributed by atoms with van der Waals surface area (Å²) >= 11 is 0. The minimum Gasteiger partial charge on any atom is -0.352 e.